The molecule has 0 unspecified atom stereocenters. The molecule has 1 aromatic rings. The Morgan fingerprint density at radius 3 is 2.31 bits per heavy atom. The van der Waals surface area contributed by atoms with Crippen LogP contribution >= 0.6 is 0 Å². The van der Waals surface area contributed by atoms with Crippen molar-refractivity contribution >= 4 is 58.6 Å². The summed E-state index contributed by atoms with van der Waals surface area (Å²) >= 11 is 0. The average molecular weight is 169 g/mol. The van der Waals surface area contributed by atoms with Crippen molar-refractivity contribution in [3.05, 3.63) is 0 Å². The predicted octanol–water partition coefficient (Wildman–Crippen LogP) is -4.99. The zero-order valence-corrected chi connectivity index (χ0v) is 9.15. The molecule has 0 radical (unpaired) electrons. The van der Waals surface area contributed by atoms with Gasteiger partial charge in [-0.3, -0.25) is 4.98 Å². The highest BCUT2D eigenvalue weighted by atomic mass is 14.9. The first-order valence-corrected chi connectivity index (χ1v) is 4.76. The lowest BCUT2D eigenvalue weighted by Gasteiger charge is -2.15. The fraction of sp³-hybridized carbons (Fsp3) is 0.286. The van der Waals surface area contributed by atoms with Crippen molar-refractivity contribution in [3.63, 3.8) is 0 Å². The number of pyridine rings is 1. The molecule has 2 nitrogen and oxygen atoms in total. The van der Waals surface area contributed by atoms with Gasteiger partial charge in [0.15, 0.2) is 15.1 Å². The highest BCUT2D eigenvalue weighted by Gasteiger charge is 2.08. The largest absolute Gasteiger partial charge is 0.388 e. The first kappa shape index (κ1) is 10.3. The first-order chi connectivity index (χ1) is 6.11. The molecule has 0 fully saturated rings. The monoisotopic (exact) mass is 170 g/mol. The normalized spacial score (nSPS) is 9.69. The molecular weight excluding hydrogens is 155 g/mol. The minimum absolute atomic E-state index is 1.01. The maximum Gasteiger partial charge on any atom is 0.178 e. The van der Waals surface area contributed by atoms with Gasteiger partial charge in [-0.25, -0.2) is 0 Å². The lowest BCUT2D eigenvalue weighted by molar-refractivity contribution is 1.44. The maximum absolute atomic E-state index is 4.56. The molecule has 1 N–H and O–H groups in total. The minimum atomic E-state index is 1.01. The third kappa shape index (κ3) is 1.77. The summed E-state index contributed by atoms with van der Waals surface area (Å²) in [6, 6.07) is 0. The molecule has 0 aliphatic heterocycles. The number of aromatic nitrogens is 1. The molecule has 0 bridgehead atoms. The molecule has 13 heavy (non-hydrogen) atoms. The highest BCUT2D eigenvalue weighted by molar-refractivity contribution is 6.65. The highest BCUT2D eigenvalue weighted by Crippen LogP contribution is 1.89. The average Bonchev–Trinajstić information content (AvgIpc) is 2.12. The van der Waals surface area contributed by atoms with E-state index in [9.17, 15) is 0 Å². The summed E-state index contributed by atoms with van der Waals surface area (Å²) in [4.78, 5) is 4.56. The fourth-order valence-corrected chi connectivity index (χ4v) is 1.73. The van der Waals surface area contributed by atoms with Crippen LogP contribution in [0, 0.1) is 0 Å². The molecule has 1 rings (SSSR count). The van der Waals surface area contributed by atoms with Gasteiger partial charge in [0.05, 0.1) is 0 Å². The molecular formula is C7H14B4N2. The molecule has 0 aliphatic carbocycles. The SMILES string of the molecule is Bc1nc(BC)c(B)c(B)c1NC. The van der Waals surface area contributed by atoms with Crippen molar-refractivity contribution in [2.75, 3.05) is 12.4 Å². The van der Waals surface area contributed by atoms with E-state index in [4.69, 9.17) is 0 Å². The van der Waals surface area contributed by atoms with E-state index in [0.29, 0.717) is 0 Å². The van der Waals surface area contributed by atoms with Gasteiger partial charge in [0, 0.05) is 18.3 Å². The number of hydrogen-bond acceptors (Lipinski definition) is 2. The Labute approximate surface area is 83.4 Å². The Kier molecular flexibility index (Phi) is 3.12. The molecule has 0 amide bonds. The number of hydrogen-bond donors (Lipinski definition) is 1. The van der Waals surface area contributed by atoms with E-state index in [2.05, 4.69) is 40.7 Å². The number of nitrogens with zero attached hydrogens (tertiary/aromatic N) is 1. The van der Waals surface area contributed by atoms with Crippen LogP contribution < -0.4 is 27.4 Å². The van der Waals surface area contributed by atoms with Gasteiger partial charge >= 0.3 is 0 Å². The van der Waals surface area contributed by atoms with Crippen LogP contribution in [0.25, 0.3) is 0 Å². The molecule has 0 aliphatic rings. The molecule has 1 heterocycles. The van der Waals surface area contributed by atoms with Crippen molar-refractivity contribution in [1.29, 1.82) is 0 Å². The van der Waals surface area contributed by atoms with Gasteiger partial charge in [0.2, 0.25) is 0 Å². The fourth-order valence-electron chi connectivity index (χ4n) is 1.73. The second-order valence-corrected chi connectivity index (χ2v) is 3.37. The van der Waals surface area contributed by atoms with Crippen LogP contribution in [-0.2, 0) is 0 Å². The summed E-state index contributed by atoms with van der Waals surface area (Å²) in [6.45, 7) is 2.15. The number of anilines is 1. The van der Waals surface area contributed by atoms with Crippen LogP contribution in [0.3, 0.4) is 0 Å². The second kappa shape index (κ2) is 3.95. The molecule has 0 saturated heterocycles. The minimum Gasteiger partial charge on any atom is -0.388 e. The van der Waals surface area contributed by atoms with Gasteiger partial charge in [-0.15, -0.1) is 0 Å². The second-order valence-electron chi connectivity index (χ2n) is 3.37. The summed E-state index contributed by atoms with van der Waals surface area (Å²) in [7, 11) is 9.30. The van der Waals surface area contributed by atoms with Gasteiger partial charge in [-0.05, 0) is 5.59 Å². The Balaban J connectivity index is 3.37. The third-order valence-corrected chi connectivity index (χ3v) is 2.62. The van der Waals surface area contributed by atoms with Gasteiger partial charge in [-0.2, -0.15) is 0 Å². The molecule has 0 aromatic carbocycles. The zero-order chi connectivity index (χ0) is 10.0. The molecule has 64 valence electrons. The van der Waals surface area contributed by atoms with Crippen molar-refractivity contribution in [1.82, 2.24) is 4.98 Å². The molecule has 0 spiro atoms. The Hall–Kier alpha value is -0.790. The Bertz CT molecular complexity index is 327. The summed E-state index contributed by atoms with van der Waals surface area (Å²) in [5.41, 5.74) is 6.13. The van der Waals surface area contributed by atoms with E-state index in [0.717, 1.165) is 12.9 Å². The van der Waals surface area contributed by atoms with Crippen LogP contribution in [0.1, 0.15) is 0 Å². The summed E-state index contributed by atoms with van der Waals surface area (Å²) in [5, 5.41) is 3.19. The standard InChI is InChI=1S/C7H14B4N2/c1-11-7-4(9)3(8)5(12-2)6(10)13-7/h11-12H,8-10H2,1-2H3. The predicted molar refractivity (Wildman–Crippen MR) is 71.0 cm³/mol. The van der Waals surface area contributed by atoms with E-state index in [1.54, 1.807) is 0 Å². The van der Waals surface area contributed by atoms with Crippen LogP contribution in [0.15, 0.2) is 0 Å². The smallest absolute Gasteiger partial charge is 0.178 e. The first-order valence-electron chi connectivity index (χ1n) is 4.76. The van der Waals surface area contributed by atoms with Gasteiger partial charge in [0.1, 0.15) is 15.7 Å². The molecule has 0 saturated carbocycles. The van der Waals surface area contributed by atoms with Gasteiger partial charge < -0.3 is 5.32 Å². The Morgan fingerprint density at radius 1 is 1.23 bits per heavy atom. The topological polar surface area (TPSA) is 24.9 Å². The Morgan fingerprint density at radius 2 is 1.85 bits per heavy atom. The van der Waals surface area contributed by atoms with Crippen molar-refractivity contribution in [2.24, 2.45) is 0 Å². The van der Waals surface area contributed by atoms with E-state index in [-0.39, 0.29) is 0 Å². The van der Waals surface area contributed by atoms with Crippen LogP contribution in [0.2, 0.25) is 6.82 Å². The van der Waals surface area contributed by atoms with Crippen LogP contribution in [0.4, 0.5) is 5.69 Å². The summed E-state index contributed by atoms with van der Waals surface area (Å²) in [6.07, 6.45) is 0. The third-order valence-electron chi connectivity index (χ3n) is 2.62. The van der Waals surface area contributed by atoms with Crippen molar-refractivity contribution < 1.29 is 0 Å². The van der Waals surface area contributed by atoms with E-state index in [1.807, 2.05) is 7.05 Å². The quantitative estimate of drug-likeness (QED) is 0.449. The van der Waals surface area contributed by atoms with E-state index in [1.165, 1.54) is 22.2 Å². The molecule has 0 atom stereocenters. The lowest BCUT2D eigenvalue weighted by Crippen LogP contribution is -2.49. The van der Waals surface area contributed by atoms with Gasteiger partial charge in [0.25, 0.3) is 0 Å². The molecule has 1 aromatic heterocycles. The van der Waals surface area contributed by atoms with Crippen molar-refractivity contribution in [2.45, 2.75) is 6.82 Å². The molecule has 6 heteroatoms. The van der Waals surface area contributed by atoms with E-state index < -0.39 is 0 Å². The van der Waals surface area contributed by atoms with Crippen LogP contribution in [0.5, 0.6) is 0 Å². The summed E-state index contributed by atoms with van der Waals surface area (Å²) in [5.74, 6) is 0. The summed E-state index contributed by atoms with van der Waals surface area (Å²) < 4.78 is 0. The zero-order valence-electron chi connectivity index (χ0n) is 9.15. The van der Waals surface area contributed by atoms with Crippen molar-refractivity contribution in [3.8, 4) is 0 Å². The maximum atomic E-state index is 4.56. The van der Waals surface area contributed by atoms with Crippen LogP contribution in [-0.4, -0.2) is 42.8 Å². The van der Waals surface area contributed by atoms with E-state index >= 15 is 0 Å². The number of nitrogens with one attached hydrogen (secondary N) is 1. The number of rotatable bonds is 2. The lowest BCUT2D eigenvalue weighted by atomic mass is 9.65. The van der Waals surface area contributed by atoms with Gasteiger partial charge in [-0.1, -0.05) is 17.7 Å².